The quantitative estimate of drug-likeness (QED) is 0.803. The Morgan fingerprint density at radius 2 is 1.85 bits per heavy atom. The van der Waals surface area contributed by atoms with E-state index in [1.54, 1.807) is 7.11 Å². The zero-order valence-electron chi connectivity index (χ0n) is 12.1. The number of methoxy groups -OCH3 is 1. The molecule has 0 radical (unpaired) electrons. The van der Waals surface area contributed by atoms with Gasteiger partial charge < -0.3 is 14.4 Å². The van der Waals surface area contributed by atoms with Gasteiger partial charge in [0.25, 0.3) is 0 Å². The monoisotopic (exact) mass is 297 g/mol. The molecule has 0 N–H and O–H groups in total. The van der Waals surface area contributed by atoms with E-state index in [1.165, 1.54) is 0 Å². The van der Waals surface area contributed by atoms with Crippen molar-refractivity contribution >= 4 is 17.4 Å². The van der Waals surface area contributed by atoms with Crippen LogP contribution in [0.2, 0.25) is 5.15 Å². The molecule has 1 aliphatic carbocycles. The summed E-state index contributed by atoms with van der Waals surface area (Å²) >= 11 is 6.26. The van der Waals surface area contributed by atoms with Gasteiger partial charge in [-0.1, -0.05) is 11.6 Å². The Labute approximate surface area is 124 Å². The van der Waals surface area contributed by atoms with E-state index >= 15 is 0 Å². The van der Waals surface area contributed by atoms with Crippen molar-refractivity contribution in [2.75, 3.05) is 25.1 Å². The lowest BCUT2D eigenvalue weighted by Gasteiger charge is -2.36. The highest BCUT2D eigenvalue weighted by Gasteiger charge is 2.32. The number of halogens is 1. The smallest absolute Gasteiger partial charge is 0.199 e. The van der Waals surface area contributed by atoms with Crippen LogP contribution < -0.4 is 9.64 Å². The maximum atomic E-state index is 6.26. The Hall–Kier alpha value is -1.07. The lowest BCUT2D eigenvalue weighted by molar-refractivity contribution is -0.00559. The van der Waals surface area contributed by atoms with Crippen LogP contribution in [0.5, 0.6) is 5.75 Å². The molecular formula is C14H20ClN3O2. The molecule has 20 heavy (non-hydrogen) atoms. The van der Waals surface area contributed by atoms with Gasteiger partial charge in [0.2, 0.25) is 0 Å². The average Bonchev–Trinajstić information content (AvgIpc) is 3.20. The minimum absolute atomic E-state index is 0.168. The Morgan fingerprint density at radius 3 is 2.40 bits per heavy atom. The first kappa shape index (κ1) is 13.9. The summed E-state index contributed by atoms with van der Waals surface area (Å²) in [5, 5.41) is 0.409. The second-order valence-electron chi connectivity index (χ2n) is 5.67. The highest BCUT2D eigenvalue weighted by molar-refractivity contribution is 6.31. The van der Waals surface area contributed by atoms with Gasteiger partial charge in [-0.3, -0.25) is 0 Å². The van der Waals surface area contributed by atoms with Gasteiger partial charge in [-0.25, -0.2) is 9.97 Å². The molecule has 1 saturated heterocycles. The molecule has 2 atom stereocenters. The molecule has 0 aromatic carbocycles. The van der Waals surface area contributed by atoms with E-state index in [0.717, 1.165) is 37.6 Å². The molecule has 0 amide bonds. The van der Waals surface area contributed by atoms with Gasteiger partial charge in [-0.15, -0.1) is 0 Å². The molecule has 1 aromatic rings. The number of anilines is 1. The molecule has 0 spiro atoms. The van der Waals surface area contributed by atoms with Crippen molar-refractivity contribution in [2.24, 2.45) is 0 Å². The third kappa shape index (κ3) is 2.69. The van der Waals surface area contributed by atoms with Crippen LogP contribution in [0.25, 0.3) is 0 Å². The summed E-state index contributed by atoms with van der Waals surface area (Å²) in [4.78, 5) is 11.3. The number of morpholine rings is 1. The summed E-state index contributed by atoms with van der Waals surface area (Å²) < 4.78 is 11.2. The predicted molar refractivity (Wildman–Crippen MR) is 77.8 cm³/mol. The van der Waals surface area contributed by atoms with Crippen LogP contribution >= 0.6 is 11.6 Å². The SMILES string of the molecule is COc1c(Cl)nc(C2CC2)nc1N1CC(C)O[C@@H](C)C1. The first-order valence-corrected chi connectivity index (χ1v) is 7.48. The standard InChI is InChI=1S/C14H20ClN3O2/c1-8-6-18(7-9(2)20-8)14-11(19-3)12(15)16-13(17-14)10-4-5-10/h8-10H,4-7H2,1-3H3/t8-,9?/m0/s1. The maximum Gasteiger partial charge on any atom is 0.199 e. The molecule has 2 aliphatic rings. The summed E-state index contributed by atoms with van der Waals surface area (Å²) in [7, 11) is 1.61. The van der Waals surface area contributed by atoms with Gasteiger partial charge in [0, 0.05) is 19.0 Å². The Kier molecular flexibility index (Phi) is 3.73. The van der Waals surface area contributed by atoms with Crippen molar-refractivity contribution in [1.82, 2.24) is 9.97 Å². The van der Waals surface area contributed by atoms with E-state index in [9.17, 15) is 0 Å². The van der Waals surface area contributed by atoms with Crippen LogP contribution in [-0.4, -0.2) is 42.4 Å². The number of ether oxygens (including phenoxy) is 2. The van der Waals surface area contributed by atoms with Crippen LogP contribution in [-0.2, 0) is 4.74 Å². The van der Waals surface area contributed by atoms with Crippen molar-refractivity contribution in [3.63, 3.8) is 0 Å². The second-order valence-corrected chi connectivity index (χ2v) is 6.02. The molecular weight excluding hydrogens is 278 g/mol. The molecule has 2 heterocycles. The van der Waals surface area contributed by atoms with E-state index in [4.69, 9.17) is 26.1 Å². The third-order valence-electron chi connectivity index (χ3n) is 3.69. The van der Waals surface area contributed by atoms with Crippen molar-refractivity contribution in [1.29, 1.82) is 0 Å². The van der Waals surface area contributed by atoms with Crippen LogP contribution in [0.4, 0.5) is 5.82 Å². The Morgan fingerprint density at radius 1 is 1.20 bits per heavy atom. The molecule has 1 aromatic heterocycles. The van der Waals surface area contributed by atoms with E-state index in [-0.39, 0.29) is 12.2 Å². The van der Waals surface area contributed by atoms with E-state index in [0.29, 0.717) is 16.8 Å². The summed E-state index contributed by atoms with van der Waals surface area (Å²) in [6.45, 7) is 5.72. The highest BCUT2D eigenvalue weighted by Crippen LogP contribution is 2.42. The molecule has 1 aliphatic heterocycles. The summed E-state index contributed by atoms with van der Waals surface area (Å²) in [5.41, 5.74) is 0. The van der Waals surface area contributed by atoms with Crippen molar-refractivity contribution < 1.29 is 9.47 Å². The van der Waals surface area contributed by atoms with Crippen LogP contribution in [0.3, 0.4) is 0 Å². The van der Waals surface area contributed by atoms with Gasteiger partial charge in [0.15, 0.2) is 16.7 Å². The lowest BCUT2D eigenvalue weighted by atomic mass is 10.2. The minimum atomic E-state index is 0.168. The highest BCUT2D eigenvalue weighted by atomic mass is 35.5. The fourth-order valence-electron chi connectivity index (χ4n) is 2.69. The third-order valence-corrected chi connectivity index (χ3v) is 3.95. The summed E-state index contributed by atoms with van der Waals surface area (Å²) in [6, 6.07) is 0. The van der Waals surface area contributed by atoms with Crippen LogP contribution in [0, 0.1) is 0 Å². The zero-order valence-corrected chi connectivity index (χ0v) is 12.9. The number of nitrogens with zero attached hydrogens (tertiary/aromatic N) is 3. The molecule has 5 nitrogen and oxygen atoms in total. The van der Waals surface area contributed by atoms with Crippen molar-refractivity contribution in [3.05, 3.63) is 11.0 Å². The number of hydrogen-bond acceptors (Lipinski definition) is 5. The van der Waals surface area contributed by atoms with Crippen molar-refractivity contribution in [2.45, 2.75) is 44.8 Å². The summed E-state index contributed by atoms with van der Waals surface area (Å²) in [6.07, 6.45) is 2.64. The number of rotatable bonds is 3. The van der Waals surface area contributed by atoms with E-state index < -0.39 is 0 Å². The lowest BCUT2D eigenvalue weighted by Crippen LogP contribution is -2.46. The van der Waals surface area contributed by atoms with E-state index in [2.05, 4.69) is 23.7 Å². The number of aromatic nitrogens is 2. The van der Waals surface area contributed by atoms with Gasteiger partial charge in [0.1, 0.15) is 5.82 Å². The van der Waals surface area contributed by atoms with E-state index in [1.807, 2.05) is 0 Å². The van der Waals surface area contributed by atoms with Gasteiger partial charge in [0.05, 0.1) is 19.3 Å². The predicted octanol–water partition coefficient (Wildman–Crippen LogP) is 2.63. The second kappa shape index (κ2) is 5.37. The van der Waals surface area contributed by atoms with Gasteiger partial charge in [-0.05, 0) is 26.7 Å². The molecule has 3 rings (SSSR count). The maximum absolute atomic E-state index is 6.26. The largest absolute Gasteiger partial charge is 0.490 e. The fourth-order valence-corrected chi connectivity index (χ4v) is 2.94. The van der Waals surface area contributed by atoms with Gasteiger partial charge >= 0.3 is 0 Å². The molecule has 1 unspecified atom stereocenters. The first-order chi connectivity index (χ1) is 9.58. The van der Waals surface area contributed by atoms with Crippen LogP contribution in [0.1, 0.15) is 38.4 Å². The van der Waals surface area contributed by atoms with Crippen LogP contribution in [0.15, 0.2) is 0 Å². The topological polar surface area (TPSA) is 47.5 Å². The number of hydrogen-bond donors (Lipinski definition) is 0. The van der Waals surface area contributed by atoms with Gasteiger partial charge in [-0.2, -0.15) is 0 Å². The Balaban J connectivity index is 1.97. The molecule has 110 valence electrons. The first-order valence-electron chi connectivity index (χ1n) is 7.10. The zero-order chi connectivity index (χ0) is 14.3. The Bertz CT molecular complexity index is 497. The molecule has 6 heteroatoms. The van der Waals surface area contributed by atoms with Crippen molar-refractivity contribution in [3.8, 4) is 5.75 Å². The minimum Gasteiger partial charge on any atom is -0.490 e. The molecule has 1 saturated carbocycles. The molecule has 0 bridgehead atoms. The summed E-state index contributed by atoms with van der Waals surface area (Å²) in [5.74, 6) is 2.68. The molecule has 2 fully saturated rings. The fraction of sp³-hybridized carbons (Fsp3) is 0.714. The normalized spacial score (nSPS) is 26.7. The average molecular weight is 298 g/mol.